The SMILES string of the molecule is CC(=O)c1cccc(NC(=O)c2cc(S(=O)(=O)NC(C)(C)C)ccc2C)c1. The minimum atomic E-state index is -3.76. The second-order valence-electron chi connectivity index (χ2n) is 7.42. The summed E-state index contributed by atoms with van der Waals surface area (Å²) in [6.07, 6.45) is 0. The van der Waals surface area contributed by atoms with E-state index in [1.54, 1.807) is 58.0 Å². The molecule has 0 aliphatic carbocycles. The highest BCUT2D eigenvalue weighted by Crippen LogP contribution is 2.19. The van der Waals surface area contributed by atoms with Crippen LogP contribution in [0.4, 0.5) is 5.69 Å². The van der Waals surface area contributed by atoms with Crippen molar-refractivity contribution in [2.24, 2.45) is 0 Å². The van der Waals surface area contributed by atoms with Crippen molar-refractivity contribution in [3.8, 4) is 0 Å². The second kappa shape index (κ2) is 7.62. The second-order valence-corrected chi connectivity index (χ2v) is 9.11. The van der Waals surface area contributed by atoms with E-state index in [-0.39, 0.29) is 16.2 Å². The van der Waals surface area contributed by atoms with Crippen molar-refractivity contribution in [1.82, 2.24) is 4.72 Å². The monoisotopic (exact) mass is 388 g/mol. The van der Waals surface area contributed by atoms with Crippen LogP contribution in [-0.2, 0) is 10.0 Å². The maximum absolute atomic E-state index is 12.7. The molecule has 144 valence electrons. The molecule has 0 aromatic heterocycles. The highest BCUT2D eigenvalue weighted by molar-refractivity contribution is 7.89. The van der Waals surface area contributed by atoms with Gasteiger partial charge in [-0.3, -0.25) is 9.59 Å². The molecule has 0 heterocycles. The molecule has 0 aliphatic rings. The molecule has 0 saturated carbocycles. The van der Waals surface area contributed by atoms with Crippen molar-refractivity contribution >= 4 is 27.4 Å². The first-order valence-corrected chi connectivity index (χ1v) is 9.94. The number of aryl methyl sites for hydroxylation is 1. The fourth-order valence-corrected chi connectivity index (χ4v) is 3.93. The zero-order valence-corrected chi connectivity index (χ0v) is 16.9. The van der Waals surface area contributed by atoms with E-state index in [1.807, 2.05) is 0 Å². The van der Waals surface area contributed by atoms with Crippen molar-refractivity contribution in [2.45, 2.75) is 45.1 Å². The molecule has 0 fully saturated rings. The molecule has 0 bridgehead atoms. The third-order valence-electron chi connectivity index (χ3n) is 3.73. The van der Waals surface area contributed by atoms with Gasteiger partial charge in [0.2, 0.25) is 10.0 Å². The highest BCUT2D eigenvalue weighted by atomic mass is 32.2. The van der Waals surface area contributed by atoms with Crippen LogP contribution in [0.2, 0.25) is 0 Å². The van der Waals surface area contributed by atoms with Gasteiger partial charge in [0.15, 0.2) is 5.78 Å². The van der Waals surface area contributed by atoms with Crippen molar-refractivity contribution in [1.29, 1.82) is 0 Å². The molecule has 0 radical (unpaired) electrons. The largest absolute Gasteiger partial charge is 0.322 e. The van der Waals surface area contributed by atoms with E-state index >= 15 is 0 Å². The van der Waals surface area contributed by atoms with Gasteiger partial charge in [0, 0.05) is 22.4 Å². The average Bonchev–Trinajstić information content (AvgIpc) is 2.52. The van der Waals surface area contributed by atoms with Crippen molar-refractivity contribution in [3.63, 3.8) is 0 Å². The topological polar surface area (TPSA) is 92.3 Å². The Balaban J connectivity index is 2.34. The van der Waals surface area contributed by atoms with Gasteiger partial charge in [0.25, 0.3) is 5.91 Å². The summed E-state index contributed by atoms with van der Waals surface area (Å²) in [6.45, 7) is 8.41. The fraction of sp³-hybridized carbons (Fsp3) is 0.300. The number of anilines is 1. The van der Waals surface area contributed by atoms with E-state index in [4.69, 9.17) is 0 Å². The van der Waals surface area contributed by atoms with Crippen LogP contribution >= 0.6 is 0 Å². The average molecular weight is 388 g/mol. The summed E-state index contributed by atoms with van der Waals surface area (Å²) in [5.41, 5.74) is 1.20. The van der Waals surface area contributed by atoms with Crippen molar-refractivity contribution in [3.05, 3.63) is 59.2 Å². The molecule has 0 aliphatic heterocycles. The zero-order chi connectivity index (χ0) is 20.4. The number of carbonyl (C=O) groups is 2. The molecular formula is C20H24N2O4S. The summed E-state index contributed by atoms with van der Waals surface area (Å²) in [5.74, 6) is -0.551. The molecule has 0 saturated heterocycles. The van der Waals surface area contributed by atoms with Gasteiger partial charge >= 0.3 is 0 Å². The smallest absolute Gasteiger partial charge is 0.255 e. The highest BCUT2D eigenvalue weighted by Gasteiger charge is 2.23. The lowest BCUT2D eigenvalue weighted by atomic mass is 10.1. The number of hydrogen-bond acceptors (Lipinski definition) is 4. The van der Waals surface area contributed by atoms with Crippen molar-refractivity contribution in [2.75, 3.05) is 5.32 Å². The van der Waals surface area contributed by atoms with Crippen LogP contribution < -0.4 is 10.0 Å². The van der Waals surface area contributed by atoms with Crippen LogP contribution in [0.25, 0.3) is 0 Å². The molecule has 27 heavy (non-hydrogen) atoms. The number of rotatable bonds is 5. The summed E-state index contributed by atoms with van der Waals surface area (Å²) in [6, 6.07) is 11.0. The summed E-state index contributed by atoms with van der Waals surface area (Å²) in [5, 5.41) is 2.71. The molecule has 0 spiro atoms. The number of carbonyl (C=O) groups excluding carboxylic acids is 2. The van der Waals surface area contributed by atoms with Crippen LogP contribution in [0.3, 0.4) is 0 Å². The number of sulfonamides is 1. The maximum atomic E-state index is 12.7. The Bertz CT molecular complexity index is 989. The third-order valence-corrected chi connectivity index (χ3v) is 5.49. The standard InChI is InChI=1S/C20H24N2O4S/c1-13-9-10-17(27(25,26)22-20(3,4)5)12-18(13)19(24)21-16-8-6-7-15(11-16)14(2)23/h6-12,22H,1-5H3,(H,21,24). The van der Waals surface area contributed by atoms with E-state index < -0.39 is 21.5 Å². The molecule has 7 heteroatoms. The maximum Gasteiger partial charge on any atom is 0.255 e. The Morgan fingerprint density at radius 3 is 2.26 bits per heavy atom. The number of amides is 1. The van der Waals surface area contributed by atoms with Gasteiger partial charge in [-0.25, -0.2) is 13.1 Å². The molecule has 0 unspecified atom stereocenters. The summed E-state index contributed by atoms with van der Waals surface area (Å²) in [4.78, 5) is 24.2. The van der Waals surface area contributed by atoms with E-state index in [2.05, 4.69) is 10.0 Å². The van der Waals surface area contributed by atoms with Crippen LogP contribution in [0.5, 0.6) is 0 Å². The Labute approximate surface area is 160 Å². The Kier molecular flexibility index (Phi) is 5.87. The van der Waals surface area contributed by atoms with E-state index in [0.717, 1.165) is 0 Å². The molecule has 2 N–H and O–H groups in total. The Morgan fingerprint density at radius 2 is 1.67 bits per heavy atom. The Hall–Kier alpha value is -2.51. The lowest BCUT2D eigenvalue weighted by molar-refractivity contribution is 0.101. The number of Topliss-reactive ketones (excluding diaryl/α,β-unsaturated/α-hetero) is 1. The van der Waals surface area contributed by atoms with E-state index in [9.17, 15) is 18.0 Å². The van der Waals surface area contributed by atoms with Gasteiger partial charge in [-0.05, 0) is 64.4 Å². The van der Waals surface area contributed by atoms with Gasteiger partial charge in [0.05, 0.1) is 4.90 Å². The fourth-order valence-electron chi connectivity index (χ4n) is 2.49. The Morgan fingerprint density at radius 1 is 1.00 bits per heavy atom. The molecule has 2 aromatic carbocycles. The minimum Gasteiger partial charge on any atom is -0.322 e. The predicted octanol–water partition coefficient (Wildman–Crippen LogP) is 3.53. The normalized spacial score (nSPS) is 11.9. The van der Waals surface area contributed by atoms with E-state index in [0.29, 0.717) is 16.8 Å². The van der Waals surface area contributed by atoms with Crippen LogP contribution in [-0.4, -0.2) is 25.6 Å². The minimum absolute atomic E-state index is 0.0191. The first-order valence-electron chi connectivity index (χ1n) is 8.46. The summed E-state index contributed by atoms with van der Waals surface area (Å²) < 4.78 is 27.6. The van der Waals surface area contributed by atoms with Gasteiger partial charge in [-0.2, -0.15) is 0 Å². The van der Waals surface area contributed by atoms with Gasteiger partial charge in [-0.15, -0.1) is 0 Å². The molecule has 2 rings (SSSR count). The number of benzene rings is 2. The summed E-state index contributed by atoms with van der Waals surface area (Å²) >= 11 is 0. The quantitative estimate of drug-likeness (QED) is 0.767. The van der Waals surface area contributed by atoms with Gasteiger partial charge in [0.1, 0.15) is 0 Å². The molecular weight excluding hydrogens is 364 g/mol. The van der Waals surface area contributed by atoms with Gasteiger partial charge < -0.3 is 5.32 Å². The van der Waals surface area contributed by atoms with Crippen molar-refractivity contribution < 1.29 is 18.0 Å². The predicted molar refractivity (Wildman–Crippen MR) is 106 cm³/mol. The van der Waals surface area contributed by atoms with Gasteiger partial charge in [-0.1, -0.05) is 18.2 Å². The third kappa shape index (κ3) is 5.48. The lowest BCUT2D eigenvalue weighted by Gasteiger charge is -2.20. The van der Waals surface area contributed by atoms with Crippen LogP contribution in [0.15, 0.2) is 47.4 Å². The lowest BCUT2D eigenvalue weighted by Crippen LogP contribution is -2.40. The molecule has 0 atom stereocenters. The number of nitrogens with one attached hydrogen (secondary N) is 2. The zero-order valence-electron chi connectivity index (χ0n) is 16.1. The van der Waals surface area contributed by atoms with Crippen LogP contribution in [0, 0.1) is 6.92 Å². The first-order chi connectivity index (χ1) is 12.4. The number of ketones is 1. The van der Waals surface area contributed by atoms with E-state index in [1.165, 1.54) is 19.1 Å². The van der Waals surface area contributed by atoms with Crippen LogP contribution in [0.1, 0.15) is 54.0 Å². The molecule has 2 aromatic rings. The first kappa shape index (κ1) is 20.8. The number of hydrogen-bond donors (Lipinski definition) is 2. The summed E-state index contributed by atoms with van der Waals surface area (Å²) in [7, 11) is -3.76. The molecule has 6 nitrogen and oxygen atoms in total. The molecule has 1 amide bonds.